The number of aliphatic hydroxyl groups is 3. The van der Waals surface area contributed by atoms with Crippen molar-refractivity contribution in [3.63, 3.8) is 0 Å². The van der Waals surface area contributed by atoms with E-state index < -0.39 is 30.6 Å². The first kappa shape index (κ1) is 16.8. The lowest BCUT2D eigenvalue weighted by Gasteiger charge is -2.27. The lowest BCUT2D eigenvalue weighted by Crippen LogP contribution is -2.44. The first-order valence-electron chi connectivity index (χ1n) is 7.99. The number of anilines is 1. The number of nitrogens with two attached hydrogens (primary N) is 1. The summed E-state index contributed by atoms with van der Waals surface area (Å²) in [6.45, 7) is 1.01. The molecule has 0 aromatic carbocycles. The fraction of sp³-hybridized carbons (Fsp3) is 0.467. The maximum absolute atomic E-state index is 10.8. The third-order valence-corrected chi connectivity index (χ3v) is 4.70. The van der Waals surface area contributed by atoms with Crippen LogP contribution in [0.5, 0.6) is 0 Å². The van der Waals surface area contributed by atoms with Crippen molar-refractivity contribution in [3.8, 4) is 11.3 Å². The van der Waals surface area contributed by atoms with E-state index in [0.29, 0.717) is 22.3 Å². The highest BCUT2D eigenvalue weighted by molar-refractivity contribution is 5.99. The van der Waals surface area contributed by atoms with Crippen LogP contribution in [0.25, 0.3) is 22.3 Å². The second-order valence-electron chi connectivity index (χ2n) is 6.57. The predicted octanol–water partition coefficient (Wildman–Crippen LogP) is -1.19. The van der Waals surface area contributed by atoms with Gasteiger partial charge < -0.3 is 30.4 Å². The molecule has 3 aromatic heterocycles. The smallest absolute Gasteiger partial charge is 0.167 e. The molecule has 1 fully saturated rings. The van der Waals surface area contributed by atoms with Crippen LogP contribution < -0.4 is 5.73 Å². The molecule has 4 rings (SSSR count). The summed E-state index contributed by atoms with van der Waals surface area (Å²) in [5.74, 6) is 0.242. The van der Waals surface area contributed by atoms with E-state index in [2.05, 4.69) is 20.3 Å². The highest BCUT2D eigenvalue weighted by Gasteiger charge is 2.53. The fourth-order valence-electron chi connectivity index (χ4n) is 3.34. The van der Waals surface area contributed by atoms with Crippen LogP contribution in [0.1, 0.15) is 13.2 Å². The molecule has 0 aliphatic carbocycles. The van der Waals surface area contributed by atoms with E-state index in [1.54, 1.807) is 28.7 Å². The molecule has 26 heavy (non-hydrogen) atoms. The Bertz CT molecular complexity index is 966. The normalized spacial score (nSPS) is 28.9. The lowest BCUT2D eigenvalue weighted by atomic mass is 9.96. The molecule has 138 valence electrons. The van der Waals surface area contributed by atoms with E-state index in [0.717, 1.165) is 0 Å². The maximum Gasteiger partial charge on any atom is 0.167 e. The molecule has 0 bridgehead atoms. The monoisotopic (exact) mass is 361 g/mol. The Morgan fingerprint density at radius 3 is 2.73 bits per heavy atom. The zero-order chi connectivity index (χ0) is 18.6. The Morgan fingerprint density at radius 2 is 2.12 bits per heavy atom. The van der Waals surface area contributed by atoms with Crippen LogP contribution in [0, 0.1) is 0 Å². The summed E-state index contributed by atoms with van der Waals surface area (Å²) in [7, 11) is 1.74. The Labute approximate surface area is 147 Å². The second kappa shape index (κ2) is 5.71. The zero-order valence-corrected chi connectivity index (χ0v) is 14.2. The van der Waals surface area contributed by atoms with Crippen molar-refractivity contribution >= 4 is 16.9 Å². The molecule has 0 unspecified atom stereocenters. The molecule has 0 radical (unpaired) electrons. The average Bonchev–Trinajstić information content (AvgIpc) is 3.25. The van der Waals surface area contributed by atoms with Gasteiger partial charge in [0.05, 0.1) is 18.2 Å². The maximum atomic E-state index is 10.8. The lowest BCUT2D eigenvalue weighted by molar-refractivity contribution is -0.0948. The highest BCUT2D eigenvalue weighted by Crippen LogP contribution is 2.42. The van der Waals surface area contributed by atoms with Crippen molar-refractivity contribution in [1.29, 1.82) is 0 Å². The number of ether oxygens (including phenoxy) is 1. The van der Waals surface area contributed by atoms with Crippen LogP contribution in [0.15, 0.2) is 18.7 Å². The van der Waals surface area contributed by atoms with Gasteiger partial charge in [-0.2, -0.15) is 0 Å². The number of nitrogens with zero attached hydrogens (tertiary/aromatic N) is 6. The van der Waals surface area contributed by atoms with Crippen LogP contribution in [0.2, 0.25) is 0 Å². The van der Waals surface area contributed by atoms with Gasteiger partial charge in [-0.15, -0.1) is 5.10 Å². The Kier molecular flexibility index (Phi) is 3.70. The van der Waals surface area contributed by atoms with E-state index in [1.165, 1.54) is 13.3 Å². The molecule has 0 saturated carbocycles. The van der Waals surface area contributed by atoms with Gasteiger partial charge in [-0.1, -0.05) is 5.21 Å². The molecular formula is C15H19N7O4. The number of aryl methyl sites for hydroxylation is 1. The van der Waals surface area contributed by atoms with Gasteiger partial charge in [0.15, 0.2) is 6.23 Å². The molecule has 11 heteroatoms. The standard InChI is InChI=1S/C15H19N7O4/c1-15(25)11(24)9(5-23)26-14(15)22-3-7(8-4-21(2)20-19-8)10-12(16)17-6-18-13(10)22/h3-4,6,9,11,14,23-25H,5H2,1-2H3,(H2,16,17,18)/t9-,11-,14-,15-/m1/s1. The van der Waals surface area contributed by atoms with Crippen LogP contribution in [-0.4, -0.2) is 69.3 Å². The number of aromatic nitrogens is 6. The van der Waals surface area contributed by atoms with Crippen LogP contribution in [-0.2, 0) is 11.8 Å². The molecule has 0 amide bonds. The van der Waals surface area contributed by atoms with E-state index >= 15 is 0 Å². The van der Waals surface area contributed by atoms with E-state index in [1.807, 2.05) is 0 Å². The van der Waals surface area contributed by atoms with Crippen LogP contribution >= 0.6 is 0 Å². The fourth-order valence-corrected chi connectivity index (χ4v) is 3.34. The zero-order valence-electron chi connectivity index (χ0n) is 14.2. The predicted molar refractivity (Wildman–Crippen MR) is 89.6 cm³/mol. The third-order valence-electron chi connectivity index (χ3n) is 4.70. The average molecular weight is 361 g/mol. The Balaban J connectivity index is 1.93. The first-order chi connectivity index (χ1) is 12.3. The molecule has 4 atom stereocenters. The molecule has 3 aromatic rings. The number of rotatable bonds is 3. The first-order valence-corrected chi connectivity index (χ1v) is 7.99. The minimum atomic E-state index is -1.65. The van der Waals surface area contributed by atoms with Gasteiger partial charge in [0.25, 0.3) is 0 Å². The molecule has 4 heterocycles. The summed E-state index contributed by atoms with van der Waals surface area (Å²) in [6.07, 6.45) is 1.51. The van der Waals surface area contributed by atoms with Gasteiger partial charge in [-0.25, -0.2) is 9.97 Å². The van der Waals surface area contributed by atoms with E-state index in [-0.39, 0.29) is 5.82 Å². The largest absolute Gasteiger partial charge is 0.394 e. The summed E-state index contributed by atoms with van der Waals surface area (Å²) < 4.78 is 8.81. The number of nitrogen functional groups attached to an aromatic ring is 1. The number of hydrogen-bond donors (Lipinski definition) is 4. The summed E-state index contributed by atoms with van der Waals surface area (Å²) in [5.41, 5.74) is 5.98. The second-order valence-corrected chi connectivity index (χ2v) is 6.57. The van der Waals surface area contributed by atoms with Crippen molar-refractivity contribution < 1.29 is 20.1 Å². The van der Waals surface area contributed by atoms with Crippen molar-refractivity contribution in [2.45, 2.75) is 31.0 Å². The SMILES string of the molecule is Cn1cc(-c2cn([C@@H]3O[C@H](CO)[C@@H](O)[C@@]3(C)O)c3ncnc(N)c23)nn1. The van der Waals surface area contributed by atoms with Crippen molar-refractivity contribution in [3.05, 3.63) is 18.7 Å². The molecule has 1 aliphatic heterocycles. The van der Waals surface area contributed by atoms with Gasteiger partial charge in [0.1, 0.15) is 41.3 Å². The van der Waals surface area contributed by atoms with Crippen molar-refractivity contribution in [2.75, 3.05) is 12.3 Å². The summed E-state index contributed by atoms with van der Waals surface area (Å²) >= 11 is 0. The summed E-state index contributed by atoms with van der Waals surface area (Å²) in [6, 6.07) is 0. The molecule has 1 saturated heterocycles. The van der Waals surface area contributed by atoms with Gasteiger partial charge in [0.2, 0.25) is 0 Å². The molecule has 1 aliphatic rings. The van der Waals surface area contributed by atoms with Crippen molar-refractivity contribution in [1.82, 2.24) is 29.5 Å². The number of aliphatic hydroxyl groups excluding tert-OH is 2. The highest BCUT2D eigenvalue weighted by atomic mass is 16.6. The number of fused-ring (bicyclic) bond motifs is 1. The van der Waals surface area contributed by atoms with Crippen LogP contribution in [0.3, 0.4) is 0 Å². The van der Waals surface area contributed by atoms with E-state index in [9.17, 15) is 15.3 Å². The van der Waals surface area contributed by atoms with Crippen molar-refractivity contribution in [2.24, 2.45) is 7.05 Å². The minimum absolute atomic E-state index is 0.242. The van der Waals surface area contributed by atoms with Crippen LogP contribution in [0.4, 0.5) is 5.82 Å². The third kappa shape index (κ3) is 2.29. The molecule has 0 spiro atoms. The Hall–Kier alpha value is -2.60. The van der Waals surface area contributed by atoms with Gasteiger partial charge in [-0.3, -0.25) is 4.68 Å². The van der Waals surface area contributed by atoms with Gasteiger partial charge >= 0.3 is 0 Å². The molecular weight excluding hydrogens is 342 g/mol. The number of hydrogen-bond acceptors (Lipinski definition) is 9. The summed E-state index contributed by atoms with van der Waals surface area (Å²) in [4.78, 5) is 8.29. The van der Waals surface area contributed by atoms with Gasteiger partial charge in [0, 0.05) is 18.8 Å². The summed E-state index contributed by atoms with van der Waals surface area (Å²) in [5, 5.41) is 39.0. The molecule has 11 nitrogen and oxygen atoms in total. The molecule has 5 N–H and O–H groups in total. The quantitative estimate of drug-likeness (QED) is 0.450. The topological polar surface area (TPSA) is 157 Å². The van der Waals surface area contributed by atoms with E-state index in [4.69, 9.17) is 10.5 Å². The minimum Gasteiger partial charge on any atom is -0.394 e. The van der Waals surface area contributed by atoms with Gasteiger partial charge in [-0.05, 0) is 6.92 Å². The Morgan fingerprint density at radius 1 is 1.35 bits per heavy atom.